The molecule has 20 heavy (non-hydrogen) atoms. The van der Waals surface area contributed by atoms with Crippen molar-refractivity contribution in [3.63, 3.8) is 0 Å². The molecule has 1 unspecified atom stereocenters. The van der Waals surface area contributed by atoms with Gasteiger partial charge >= 0.3 is 0 Å². The molecule has 110 valence electrons. The van der Waals surface area contributed by atoms with E-state index >= 15 is 0 Å². The van der Waals surface area contributed by atoms with Crippen molar-refractivity contribution in [3.8, 4) is 0 Å². The van der Waals surface area contributed by atoms with Gasteiger partial charge < -0.3 is 9.69 Å². The Morgan fingerprint density at radius 1 is 1.10 bits per heavy atom. The average molecular weight is 295 g/mol. The Labute approximate surface area is 126 Å². The third-order valence-electron chi connectivity index (χ3n) is 3.87. The molecule has 1 fully saturated rings. The fourth-order valence-electron chi connectivity index (χ4n) is 2.49. The molecule has 3 nitrogen and oxygen atoms in total. The second-order valence-corrected chi connectivity index (χ2v) is 6.78. The molecule has 0 bridgehead atoms. The topological polar surface area (TPSA) is 23.6 Å². The SMILES string of the molecule is CC(C)(C)c1ccc(N2CCN(C(Cl)C=O)CC2)cc1. The Bertz CT molecular complexity index is 445. The van der Waals surface area contributed by atoms with E-state index in [4.69, 9.17) is 11.6 Å². The van der Waals surface area contributed by atoms with Gasteiger partial charge in [-0.05, 0) is 23.1 Å². The lowest BCUT2D eigenvalue weighted by atomic mass is 9.87. The highest BCUT2D eigenvalue weighted by Crippen LogP contribution is 2.25. The van der Waals surface area contributed by atoms with Crippen molar-refractivity contribution in [1.82, 2.24) is 4.90 Å². The summed E-state index contributed by atoms with van der Waals surface area (Å²) in [5.41, 5.74) is 2.30. The lowest BCUT2D eigenvalue weighted by Gasteiger charge is -2.37. The van der Waals surface area contributed by atoms with E-state index in [0.29, 0.717) is 0 Å². The third-order valence-corrected chi connectivity index (χ3v) is 4.25. The number of hydrogen-bond donors (Lipinski definition) is 0. The summed E-state index contributed by atoms with van der Waals surface area (Å²) in [5, 5.41) is 0. The second kappa shape index (κ2) is 6.15. The maximum absolute atomic E-state index is 10.7. The van der Waals surface area contributed by atoms with Crippen LogP contribution < -0.4 is 4.90 Å². The summed E-state index contributed by atoms with van der Waals surface area (Å²) in [6, 6.07) is 8.79. The Balaban J connectivity index is 1.99. The highest BCUT2D eigenvalue weighted by molar-refractivity contribution is 6.27. The van der Waals surface area contributed by atoms with Crippen LogP contribution in [0, 0.1) is 0 Å². The number of benzene rings is 1. The van der Waals surface area contributed by atoms with E-state index in [1.807, 2.05) is 4.90 Å². The molecule has 1 atom stereocenters. The number of nitrogens with zero attached hydrogens (tertiary/aromatic N) is 2. The van der Waals surface area contributed by atoms with Crippen molar-refractivity contribution in [2.75, 3.05) is 31.1 Å². The zero-order valence-electron chi connectivity index (χ0n) is 12.5. The van der Waals surface area contributed by atoms with Crippen molar-refractivity contribution in [2.45, 2.75) is 31.7 Å². The second-order valence-electron chi connectivity index (χ2n) is 6.33. The van der Waals surface area contributed by atoms with Gasteiger partial charge in [-0.1, -0.05) is 44.5 Å². The number of hydrogen-bond acceptors (Lipinski definition) is 3. The van der Waals surface area contributed by atoms with Crippen LogP contribution in [-0.4, -0.2) is 42.9 Å². The quantitative estimate of drug-likeness (QED) is 0.486. The highest BCUT2D eigenvalue weighted by atomic mass is 35.5. The van der Waals surface area contributed by atoms with Crippen molar-refractivity contribution < 1.29 is 4.79 Å². The molecule has 0 aliphatic carbocycles. The molecule has 0 saturated carbocycles. The smallest absolute Gasteiger partial charge is 0.152 e. The predicted molar refractivity (Wildman–Crippen MR) is 84.6 cm³/mol. The first-order valence-electron chi connectivity index (χ1n) is 7.11. The largest absolute Gasteiger partial charge is 0.369 e. The predicted octanol–water partition coefficient (Wildman–Crippen LogP) is 2.87. The van der Waals surface area contributed by atoms with Crippen molar-refractivity contribution in [3.05, 3.63) is 29.8 Å². The zero-order valence-corrected chi connectivity index (χ0v) is 13.2. The molecule has 1 heterocycles. The summed E-state index contributed by atoms with van der Waals surface area (Å²) in [7, 11) is 0. The van der Waals surface area contributed by atoms with Crippen LogP contribution in [0.2, 0.25) is 0 Å². The minimum Gasteiger partial charge on any atom is -0.369 e. The number of halogens is 1. The first-order chi connectivity index (χ1) is 9.41. The van der Waals surface area contributed by atoms with Crippen LogP contribution in [0.3, 0.4) is 0 Å². The molecule has 0 aromatic heterocycles. The molecule has 0 amide bonds. The van der Waals surface area contributed by atoms with Crippen LogP contribution in [0.1, 0.15) is 26.3 Å². The number of anilines is 1. The van der Waals surface area contributed by atoms with Gasteiger partial charge in [-0.3, -0.25) is 4.90 Å². The molecule has 4 heteroatoms. The maximum Gasteiger partial charge on any atom is 0.152 e. The average Bonchev–Trinajstić information content (AvgIpc) is 2.46. The zero-order chi connectivity index (χ0) is 14.8. The minimum atomic E-state index is -0.486. The summed E-state index contributed by atoms with van der Waals surface area (Å²) >= 11 is 5.95. The molecule has 1 aliphatic heterocycles. The summed E-state index contributed by atoms with van der Waals surface area (Å²) in [5.74, 6) is 0. The lowest BCUT2D eigenvalue weighted by Crippen LogP contribution is -2.49. The van der Waals surface area contributed by atoms with Crippen LogP contribution in [0.15, 0.2) is 24.3 Å². The minimum absolute atomic E-state index is 0.188. The Morgan fingerprint density at radius 2 is 1.65 bits per heavy atom. The van der Waals surface area contributed by atoms with Gasteiger partial charge in [0.2, 0.25) is 0 Å². The lowest BCUT2D eigenvalue weighted by molar-refractivity contribution is -0.110. The van der Waals surface area contributed by atoms with Crippen molar-refractivity contribution in [1.29, 1.82) is 0 Å². The van der Waals surface area contributed by atoms with E-state index in [1.54, 1.807) is 0 Å². The summed E-state index contributed by atoms with van der Waals surface area (Å²) < 4.78 is 0. The van der Waals surface area contributed by atoms with E-state index in [1.165, 1.54) is 11.3 Å². The van der Waals surface area contributed by atoms with Gasteiger partial charge in [0, 0.05) is 31.9 Å². The number of carbonyl (C=O) groups is 1. The van der Waals surface area contributed by atoms with Crippen LogP contribution in [0.25, 0.3) is 0 Å². The monoisotopic (exact) mass is 294 g/mol. The van der Waals surface area contributed by atoms with Gasteiger partial charge in [-0.2, -0.15) is 0 Å². The number of alkyl halides is 1. The molecule has 1 aromatic carbocycles. The fourth-order valence-corrected chi connectivity index (χ4v) is 2.68. The fraction of sp³-hybridized carbons (Fsp3) is 0.562. The van der Waals surface area contributed by atoms with E-state index in [0.717, 1.165) is 32.5 Å². The van der Waals surface area contributed by atoms with Gasteiger partial charge in [-0.25, -0.2) is 0 Å². The van der Waals surface area contributed by atoms with Gasteiger partial charge in [0.25, 0.3) is 0 Å². The summed E-state index contributed by atoms with van der Waals surface area (Å²) in [6.45, 7) is 10.1. The molecule has 0 spiro atoms. The molecule has 0 N–H and O–H groups in total. The molecular weight excluding hydrogens is 272 g/mol. The van der Waals surface area contributed by atoms with Gasteiger partial charge in [0.1, 0.15) is 5.50 Å². The Kier molecular flexibility index (Phi) is 4.71. The van der Waals surface area contributed by atoms with E-state index in [2.05, 4.69) is 49.9 Å². The molecule has 1 aromatic rings. The number of carbonyl (C=O) groups excluding carboxylic acids is 1. The van der Waals surface area contributed by atoms with E-state index in [9.17, 15) is 4.79 Å². The summed E-state index contributed by atoms with van der Waals surface area (Å²) in [6.07, 6.45) is 0.801. The van der Waals surface area contributed by atoms with Crippen LogP contribution in [-0.2, 0) is 10.2 Å². The van der Waals surface area contributed by atoms with E-state index in [-0.39, 0.29) is 5.41 Å². The number of aldehydes is 1. The van der Waals surface area contributed by atoms with Crippen LogP contribution in [0.5, 0.6) is 0 Å². The first kappa shape index (κ1) is 15.3. The Hall–Kier alpha value is -1.06. The maximum atomic E-state index is 10.7. The van der Waals surface area contributed by atoms with Crippen molar-refractivity contribution >= 4 is 23.6 Å². The first-order valence-corrected chi connectivity index (χ1v) is 7.54. The number of piperazine rings is 1. The van der Waals surface area contributed by atoms with Gasteiger partial charge in [0.05, 0.1) is 0 Å². The third kappa shape index (κ3) is 3.53. The van der Waals surface area contributed by atoms with Crippen molar-refractivity contribution in [2.24, 2.45) is 0 Å². The molecule has 0 radical (unpaired) electrons. The Morgan fingerprint density at radius 3 is 2.10 bits per heavy atom. The van der Waals surface area contributed by atoms with Gasteiger partial charge in [0.15, 0.2) is 6.29 Å². The van der Waals surface area contributed by atoms with Crippen LogP contribution >= 0.6 is 11.6 Å². The molecule has 1 saturated heterocycles. The molecule has 2 rings (SSSR count). The van der Waals surface area contributed by atoms with E-state index < -0.39 is 5.50 Å². The molecular formula is C16H23ClN2O. The van der Waals surface area contributed by atoms with Gasteiger partial charge in [-0.15, -0.1) is 0 Å². The highest BCUT2D eigenvalue weighted by Gasteiger charge is 2.22. The number of rotatable bonds is 3. The summed E-state index contributed by atoms with van der Waals surface area (Å²) in [4.78, 5) is 15.1. The standard InChI is InChI=1S/C16H23ClN2O/c1-16(2,3)13-4-6-14(7-5-13)18-8-10-19(11-9-18)15(17)12-20/h4-7,12,15H,8-11H2,1-3H3. The molecule has 1 aliphatic rings. The normalized spacial score (nSPS) is 18.9. The van der Waals surface area contributed by atoms with Crippen LogP contribution in [0.4, 0.5) is 5.69 Å².